The molecule has 1 aliphatic rings. The SMILES string of the molecule is Nc1ccc2nc(NCCCC3CCCC3)ccc2c1. The van der Waals surface area contributed by atoms with Gasteiger partial charge in [-0.2, -0.15) is 0 Å². The Labute approximate surface area is 120 Å². The maximum absolute atomic E-state index is 5.78. The Morgan fingerprint density at radius 3 is 2.85 bits per heavy atom. The van der Waals surface area contributed by atoms with Crippen LogP contribution in [0.2, 0.25) is 0 Å². The van der Waals surface area contributed by atoms with Crippen molar-refractivity contribution in [2.75, 3.05) is 17.6 Å². The number of nitrogens with zero attached hydrogens (tertiary/aromatic N) is 1. The van der Waals surface area contributed by atoms with Gasteiger partial charge in [0.15, 0.2) is 0 Å². The molecule has 106 valence electrons. The summed E-state index contributed by atoms with van der Waals surface area (Å²) in [6.07, 6.45) is 8.36. The van der Waals surface area contributed by atoms with E-state index in [0.717, 1.165) is 34.9 Å². The van der Waals surface area contributed by atoms with Gasteiger partial charge in [-0.1, -0.05) is 25.7 Å². The second-order valence-corrected chi connectivity index (χ2v) is 5.87. The molecule has 3 heteroatoms. The minimum absolute atomic E-state index is 0.788. The molecule has 20 heavy (non-hydrogen) atoms. The summed E-state index contributed by atoms with van der Waals surface area (Å²) >= 11 is 0. The van der Waals surface area contributed by atoms with Crippen LogP contribution in [0.1, 0.15) is 38.5 Å². The van der Waals surface area contributed by atoms with Gasteiger partial charge in [0.2, 0.25) is 0 Å². The third-order valence-corrected chi connectivity index (χ3v) is 4.28. The third kappa shape index (κ3) is 3.21. The molecule has 3 N–H and O–H groups in total. The number of nitrogens with one attached hydrogen (secondary N) is 1. The van der Waals surface area contributed by atoms with Crippen LogP contribution in [0.25, 0.3) is 10.9 Å². The van der Waals surface area contributed by atoms with Gasteiger partial charge in [-0.15, -0.1) is 0 Å². The maximum Gasteiger partial charge on any atom is 0.126 e. The van der Waals surface area contributed by atoms with Crippen LogP contribution in [0.5, 0.6) is 0 Å². The number of aromatic nitrogens is 1. The summed E-state index contributed by atoms with van der Waals surface area (Å²) in [5.41, 5.74) is 7.56. The van der Waals surface area contributed by atoms with Crippen molar-refractivity contribution in [3.63, 3.8) is 0 Å². The molecule has 1 saturated carbocycles. The molecule has 0 unspecified atom stereocenters. The van der Waals surface area contributed by atoms with Crippen molar-refractivity contribution >= 4 is 22.4 Å². The van der Waals surface area contributed by atoms with Crippen LogP contribution in [0, 0.1) is 5.92 Å². The summed E-state index contributed by atoms with van der Waals surface area (Å²) in [6.45, 7) is 1.02. The number of nitrogens with two attached hydrogens (primary N) is 1. The number of pyridine rings is 1. The fraction of sp³-hybridized carbons (Fsp3) is 0.471. The fourth-order valence-corrected chi connectivity index (χ4v) is 3.15. The van der Waals surface area contributed by atoms with Crippen molar-refractivity contribution in [1.29, 1.82) is 0 Å². The maximum atomic E-state index is 5.78. The highest BCUT2D eigenvalue weighted by Gasteiger charge is 2.13. The topological polar surface area (TPSA) is 50.9 Å². The van der Waals surface area contributed by atoms with Crippen LogP contribution >= 0.6 is 0 Å². The molecule has 0 aliphatic heterocycles. The van der Waals surface area contributed by atoms with Crippen LogP contribution in [-0.4, -0.2) is 11.5 Å². The first kappa shape index (κ1) is 13.2. The number of fused-ring (bicyclic) bond motifs is 1. The van der Waals surface area contributed by atoms with Gasteiger partial charge in [0.1, 0.15) is 5.82 Å². The van der Waals surface area contributed by atoms with E-state index >= 15 is 0 Å². The number of hydrogen-bond acceptors (Lipinski definition) is 3. The Morgan fingerprint density at radius 1 is 1.15 bits per heavy atom. The second-order valence-electron chi connectivity index (χ2n) is 5.87. The van der Waals surface area contributed by atoms with Crippen molar-refractivity contribution in [3.05, 3.63) is 30.3 Å². The zero-order valence-corrected chi connectivity index (χ0v) is 11.9. The molecule has 0 spiro atoms. The minimum atomic E-state index is 0.788. The Kier molecular flexibility index (Phi) is 4.05. The molecule has 2 aromatic rings. The monoisotopic (exact) mass is 269 g/mol. The summed E-state index contributed by atoms with van der Waals surface area (Å²) in [5, 5.41) is 4.53. The van der Waals surface area contributed by atoms with Crippen LogP contribution in [0.4, 0.5) is 11.5 Å². The van der Waals surface area contributed by atoms with E-state index in [1.807, 2.05) is 24.3 Å². The van der Waals surface area contributed by atoms with Crippen molar-refractivity contribution in [1.82, 2.24) is 4.98 Å². The zero-order valence-electron chi connectivity index (χ0n) is 11.9. The van der Waals surface area contributed by atoms with Gasteiger partial charge in [0, 0.05) is 17.6 Å². The molecule has 1 fully saturated rings. The van der Waals surface area contributed by atoms with E-state index in [1.54, 1.807) is 0 Å². The van der Waals surface area contributed by atoms with E-state index in [9.17, 15) is 0 Å². The highest BCUT2D eigenvalue weighted by molar-refractivity contribution is 5.83. The summed E-state index contributed by atoms with van der Waals surface area (Å²) in [6, 6.07) is 9.97. The van der Waals surface area contributed by atoms with E-state index in [-0.39, 0.29) is 0 Å². The van der Waals surface area contributed by atoms with Crippen LogP contribution in [-0.2, 0) is 0 Å². The standard InChI is InChI=1S/C17H23N3/c18-15-8-9-16-14(12-15)7-10-17(20-16)19-11-3-6-13-4-1-2-5-13/h7-10,12-13H,1-6,11,18H2,(H,19,20). The van der Waals surface area contributed by atoms with Gasteiger partial charge in [-0.25, -0.2) is 4.98 Å². The molecule has 1 aromatic carbocycles. The summed E-state index contributed by atoms with van der Waals surface area (Å²) in [4.78, 5) is 4.62. The number of benzene rings is 1. The average Bonchev–Trinajstić information content (AvgIpc) is 2.97. The zero-order chi connectivity index (χ0) is 13.8. The van der Waals surface area contributed by atoms with Gasteiger partial charge in [0.25, 0.3) is 0 Å². The van der Waals surface area contributed by atoms with Gasteiger partial charge < -0.3 is 11.1 Å². The molecule has 1 aliphatic carbocycles. The number of hydrogen-bond donors (Lipinski definition) is 2. The van der Waals surface area contributed by atoms with E-state index in [0.29, 0.717) is 0 Å². The van der Waals surface area contributed by atoms with Crippen LogP contribution in [0.15, 0.2) is 30.3 Å². The molecule has 1 aromatic heterocycles. The van der Waals surface area contributed by atoms with Crippen molar-refractivity contribution in [2.45, 2.75) is 38.5 Å². The molecule has 0 atom stereocenters. The third-order valence-electron chi connectivity index (χ3n) is 4.28. The molecule has 1 heterocycles. The second kappa shape index (κ2) is 6.12. The molecule has 0 radical (unpaired) electrons. The van der Waals surface area contributed by atoms with Crippen molar-refractivity contribution < 1.29 is 0 Å². The largest absolute Gasteiger partial charge is 0.399 e. The van der Waals surface area contributed by atoms with E-state index in [2.05, 4.69) is 16.4 Å². The first-order valence-corrected chi connectivity index (χ1v) is 7.71. The van der Waals surface area contributed by atoms with E-state index in [4.69, 9.17) is 5.73 Å². The molecular formula is C17H23N3. The molecule has 3 nitrogen and oxygen atoms in total. The summed E-state index contributed by atoms with van der Waals surface area (Å²) in [5.74, 6) is 1.94. The molecule has 0 bridgehead atoms. The van der Waals surface area contributed by atoms with E-state index < -0.39 is 0 Å². The molecule has 0 saturated heterocycles. The molecule has 0 amide bonds. The summed E-state index contributed by atoms with van der Waals surface area (Å²) < 4.78 is 0. The lowest BCUT2D eigenvalue weighted by atomic mass is 10.0. The highest BCUT2D eigenvalue weighted by Crippen LogP contribution is 2.28. The Bertz CT molecular complexity index is 573. The van der Waals surface area contributed by atoms with Crippen LogP contribution < -0.4 is 11.1 Å². The normalized spacial score (nSPS) is 15.8. The van der Waals surface area contributed by atoms with Gasteiger partial charge in [0.05, 0.1) is 5.52 Å². The van der Waals surface area contributed by atoms with Gasteiger partial charge >= 0.3 is 0 Å². The fourth-order valence-electron chi connectivity index (χ4n) is 3.15. The van der Waals surface area contributed by atoms with Gasteiger partial charge in [-0.05, 0) is 49.1 Å². The lowest BCUT2D eigenvalue weighted by molar-refractivity contribution is 0.491. The lowest BCUT2D eigenvalue weighted by Gasteiger charge is -2.10. The van der Waals surface area contributed by atoms with Crippen molar-refractivity contribution in [3.8, 4) is 0 Å². The van der Waals surface area contributed by atoms with Crippen LogP contribution in [0.3, 0.4) is 0 Å². The minimum Gasteiger partial charge on any atom is -0.399 e. The predicted octanol–water partition coefficient (Wildman–Crippen LogP) is 4.20. The first-order valence-electron chi connectivity index (χ1n) is 7.71. The first-order chi connectivity index (χ1) is 9.81. The number of anilines is 2. The Balaban J connectivity index is 1.53. The predicted molar refractivity (Wildman–Crippen MR) is 85.8 cm³/mol. The Morgan fingerprint density at radius 2 is 2.00 bits per heavy atom. The summed E-state index contributed by atoms with van der Waals surface area (Å²) in [7, 11) is 0. The Hall–Kier alpha value is -1.77. The average molecular weight is 269 g/mol. The molecule has 3 rings (SSSR count). The quantitative estimate of drug-likeness (QED) is 0.632. The number of nitrogen functional groups attached to an aromatic ring is 1. The molecular weight excluding hydrogens is 246 g/mol. The lowest BCUT2D eigenvalue weighted by Crippen LogP contribution is -2.05. The number of rotatable bonds is 5. The van der Waals surface area contributed by atoms with Gasteiger partial charge in [-0.3, -0.25) is 0 Å². The highest BCUT2D eigenvalue weighted by atomic mass is 15.0. The van der Waals surface area contributed by atoms with Crippen molar-refractivity contribution in [2.24, 2.45) is 5.92 Å². The van der Waals surface area contributed by atoms with E-state index in [1.165, 1.54) is 38.5 Å². The smallest absolute Gasteiger partial charge is 0.126 e.